The topological polar surface area (TPSA) is 79.5 Å². The number of carbonyl (C=O) groups is 1. The second kappa shape index (κ2) is 5.70. The molecule has 8 heteroatoms. The normalized spacial score (nSPS) is 16.0. The second-order valence-corrected chi connectivity index (χ2v) is 5.13. The van der Waals surface area contributed by atoms with Crippen molar-refractivity contribution in [2.45, 2.75) is 18.8 Å². The molecule has 1 N–H and O–H groups in total. The van der Waals surface area contributed by atoms with Crippen LogP contribution < -0.4 is 0 Å². The van der Waals surface area contributed by atoms with Gasteiger partial charge in [-0.3, -0.25) is 0 Å². The van der Waals surface area contributed by atoms with Crippen LogP contribution in [0, 0.1) is 11.6 Å². The maximum atomic E-state index is 13.2. The number of nitrogens with zero attached hydrogens (tertiary/aromatic N) is 3. The van der Waals surface area contributed by atoms with Gasteiger partial charge in [0.1, 0.15) is 0 Å². The first-order valence-corrected chi connectivity index (χ1v) is 6.81. The molecule has 2 aromatic rings. The largest absolute Gasteiger partial charge is 0.465 e. The van der Waals surface area contributed by atoms with Gasteiger partial charge >= 0.3 is 6.09 Å². The molecule has 116 valence electrons. The van der Waals surface area contributed by atoms with E-state index in [1.165, 1.54) is 11.0 Å². The predicted octanol–water partition coefficient (Wildman–Crippen LogP) is 2.87. The van der Waals surface area contributed by atoms with E-state index in [1.54, 1.807) is 0 Å². The minimum Gasteiger partial charge on any atom is -0.465 e. The highest BCUT2D eigenvalue weighted by Crippen LogP contribution is 2.28. The van der Waals surface area contributed by atoms with Gasteiger partial charge in [-0.2, -0.15) is 4.98 Å². The van der Waals surface area contributed by atoms with E-state index >= 15 is 0 Å². The van der Waals surface area contributed by atoms with E-state index in [0.717, 1.165) is 12.1 Å². The van der Waals surface area contributed by atoms with Gasteiger partial charge in [-0.1, -0.05) is 5.16 Å². The molecule has 2 heterocycles. The minimum absolute atomic E-state index is 0.00149. The Morgan fingerprint density at radius 3 is 2.64 bits per heavy atom. The number of rotatable bonds is 2. The number of carboxylic acid groups (broad SMARTS) is 1. The summed E-state index contributed by atoms with van der Waals surface area (Å²) in [5.74, 6) is -1.34. The zero-order valence-electron chi connectivity index (χ0n) is 11.5. The molecule has 1 aromatic heterocycles. The summed E-state index contributed by atoms with van der Waals surface area (Å²) in [4.78, 5) is 16.4. The fourth-order valence-corrected chi connectivity index (χ4v) is 2.48. The van der Waals surface area contributed by atoms with Gasteiger partial charge in [0.15, 0.2) is 17.5 Å². The first-order chi connectivity index (χ1) is 10.5. The van der Waals surface area contributed by atoms with Crippen molar-refractivity contribution in [1.29, 1.82) is 0 Å². The third-order valence-corrected chi connectivity index (χ3v) is 3.74. The average Bonchev–Trinajstić information content (AvgIpc) is 3.00. The summed E-state index contributed by atoms with van der Waals surface area (Å²) in [6, 6.07) is 3.36. The fraction of sp³-hybridized carbons (Fsp3) is 0.357. The first-order valence-electron chi connectivity index (χ1n) is 6.81. The number of benzene rings is 1. The second-order valence-electron chi connectivity index (χ2n) is 5.13. The van der Waals surface area contributed by atoms with Gasteiger partial charge in [0.05, 0.1) is 0 Å². The molecule has 0 radical (unpaired) electrons. The Morgan fingerprint density at radius 2 is 2.00 bits per heavy atom. The Morgan fingerprint density at radius 1 is 1.27 bits per heavy atom. The fourth-order valence-electron chi connectivity index (χ4n) is 2.48. The van der Waals surface area contributed by atoms with Crippen LogP contribution in [0.4, 0.5) is 13.6 Å². The van der Waals surface area contributed by atoms with E-state index in [4.69, 9.17) is 9.63 Å². The van der Waals surface area contributed by atoms with Crippen molar-refractivity contribution >= 4 is 6.09 Å². The van der Waals surface area contributed by atoms with Crippen LogP contribution in [0.2, 0.25) is 0 Å². The number of halogens is 2. The van der Waals surface area contributed by atoms with Crippen molar-refractivity contribution in [2.24, 2.45) is 0 Å². The third kappa shape index (κ3) is 2.76. The molecular formula is C14H13F2N3O3. The van der Waals surface area contributed by atoms with Crippen molar-refractivity contribution in [3.8, 4) is 11.5 Å². The van der Waals surface area contributed by atoms with E-state index in [9.17, 15) is 13.6 Å². The van der Waals surface area contributed by atoms with Crippen molar-refractivity contribution in [3.63, 3.8) is 0 Å². The molecule has 22 heavy (non-hydrogen) atoms. The number of piperidine rings is 1. The molecule has 1 amide bonds. The lowest BCUT2D eigenvalue weighted by molar-refractivity contribution is 0.131. The molecule has 0 unspecified atom stereocenters. The molecular weight excluding hydrogens is 296 g/mol. The van der Waals surface area contributed by atoms with E-state index in [1.807, 2.05) is 0 Å². The standard InChI is InChI=1S/C14H13F2N3O3/c15-10-2-1-9(7-11(10)16)13-17-12(18-22-13)8-3-5-19(6-4-8)14(20)21/h1-2,7-8H,3-6H2,(H,20,21). The molecule has 0 spiro atoms. The summed E-state index contributed by atoms with van der Waals surface area (Å²) in [5, 5.41) is 12.8. The van der Waals surface area contributed by atoms with Gasteiger partial charge in [0.25, 0.3) is 5.89 Å². The lowest BCUT2D eigenvalue weighted by atomic mass is 9.96. The maximum Gasteiger partial charge on any atom is 0.407 e. The molecule has 1 fully saturated rings. The molecule has 1 aromatic carbocycles. The minimum atomic E-state index is -0.980. The molecule has 1 saturated heterocycles. The predicted molar refractivity (Wildman–Crippen MR) is 71.2 cm³/mol. The number of amides is 1. The van der Waals surface area contributed by atoms with Gasteiger partial charge < -0.3 is 14.5 Å². The van der Waals surface area contributed by atoms with E-state index in [0.29, 0.717) is 37.3 Å². The molecule has 6 nitrogen and oxygen atoms in total. The van der Waals surface area contributed by atoms with Crippen LogP contribution in [0.25, 0.3) is 11.5 Å². The summed E-state index contributed by atoms with van der Waals surface area (Å²) in [6.45, 7) is 0.824. The van der Waals surface area contributed by atoms with Crippen molar-refractivity contribution in [1.82, 2.24) is 15.0 Å². The average molecular weight is 309 g/mol. The number of hydrogen-bond acceptors (Lipinski definition) is 4. The lowest BCUT2D eigenvalue weighted by Crippen LogP contribution is -2.37. The van der Waals surface area contributed by atoms with Crippen LogP contribution in [0.5, 0.6) is 0 Å². The molecule has 1 aliphatic rings. The van der Waals surface area contributed by atoms with Gasteiger partial charge in [-0.25, -0.2) is 13.6 Å². The van der Waals surface area contributed by atoms with Crippen LogP contribution in [0.15, 0.2) is 22.7 Å². The van der Waals surface area contributed by atoms with Crippen molar-refractivity contribution in [3.05, 3.63) is 35.7 Å². The maximum absolute atomic E-state index is 13.2. The summed E-state index contributed by atoms with van der Waals surface area (Å²) < 4.78 is 31.2. The lowest BCUT2D eigenvalue weighted by Gasteiger charge is -2.28. The molecule has 0 aliphatic carbocycles. The number of aromatic nitrogens is 2. The van der Waals surface area contributed by atoms with E-state index in [2.05, 4.69) is 10.1 Å². The Labute approximate surface area is 124 Å². The van der Waals surface area contributed by atoms with Crippen LogP contribution in [0.1, 0.15) is 24.6 Å². The Hall–Kier alpha value is -2.51. The molecule has 0 atom stereocenters. The zero-order valence-corrected chi connectivity index (χ0v) is 11.5. The number of hydrogen-bond donors (Lipinski definition) is 1. The quantitative estimate of drug-likeness (QED) is 0.922. The van der Waals surface area contributed by atoms with Gasteiger partial charge in [-0.15, -0.1) is 0 Å². The van der Waals surface area contributed by atoms with Crippen LogP contribution >= 0.6 is 0 Å². The van der Waals surface area contributed by atoms with Gasteiger partial charge in [0, 0.05) is 24.6 Å². The Balaban J connectivity index is 1.74. The Bertz CT molecular complexity index is 696. The number of likely N-dealkylation sites (tertiary alicyclic amines) is 1. The van der Waals surface area contributed by atoms with Gasteiger partial charge in [-0.05, 0) is 31.0 Å². The van der Waals surface area contributed by atoms with Crippen LogP contribution in [-0.2, 0) is 0 Å². The smallest absolute Gasteiger partial charge is 0.407 e. The van der Waals surface area contributed by atoms with E-state index in [-0.39, 0.29) is 11.8 Å². The summed E-state index contributed by atoms with van der Waals surface area (Å²) in [7, 11) is 0. The third-order valence-electron chi connectivity index (χ3n) is 3.74. The summed E-state index contributed by atoms with van der Waals surface area (Å²) in [5.41, 5.74) is 0.306. The summed E-state index contributed by atoms with van der Waals surface area (Å²) >= 11 is 0. The Kier molecular flexibility index (Phi) is 3.74. The van der Waals surface area contributed by atoms with Crippen molar-refractivity contribution in [2.75, 3.05) is 13.1 Å². The van der Waals surface area contributed by atoms with Crippen LogP contribution in [0.3, 0.4) is 0 Å². The monoisotopic (exact) mass is 309 g/mol. The molecule has 0 bridgehead atoms. The molecule has 3 rings (SSSR count). The van der Waals surface area contributed by atoms with Gasteiger partial charge in [0.2, 0.25) is 0 Å². The first kappa shape index (κ1) is 14.4. The highest BCUT2D eigenvalue weighted by Gasteiger charge is 2.27. The van der Waals surface area contributed by atoms with E-state index < -0.39 is 17.7 Å². The zero-order chi connectivity index (χ0) is 15.7. The molecule has 1 aliphatic heterocycles. The van der Waals surface area contributed by atoms with Crippen molar-refractivity contribution < 1.29 is 23.2 Å². The highest BCUT2D eigenvalue weighted by atomic mass is 19.2. The summed E-state index contributed by atoms with van der Waals surface area (Å²) in [6.07, 6.45) is 0.264. The SMILES string of the molecule is O=C(O)N1CCC(c2noc(-c3ccc(F)c(F)c3)n2)CC1. The van der Waals surface area contributed by atoms with Crippen LogP contribution in [-0.4, -0.2) is 39.3 Å². The molecule has 0 saturated carbocycles. The highest BCUT2D eigenvalue weighted by molar-refractivity contribution is 5.65.